The molecule has 4 rings (SSSR count). The van der Waals surface area contributed by atoms with Gasteiger partial charge in [-0.05, 0) is 63.4 Å². The second-order valence-electron chi connectivity index (χ2n) is 10.7. The lowest BCUT2D eigenvalue weighted by atomic mass is 9.87. The zero-order valence-electron chi connectivity index (χ0n) is 20.9. The molecule has 0 spiro atoms. The summed E-state index contributed by atoms with van der Waals surface area (Å²) in [6, 6.07) is 8.18. The Kier molecular flexibility index (Phi) is 5.74. The summed E-state index contributed by atoms with van der Waals surface area (Å²) < 4.78 is 15.1. The van der Waals surface area contributed by atoms with E-state index in [4.69, 9.17) is 0 Å². The van der Waals surface area contributed by atoms with E-state index in [0.717, 1.165) is 11.1 Å². The van der Waals surface area contributed by atoms with Gasteiger partial charge in [0.05, 0.1) is 11.9 Å². The number of hydrogen-bond donors (Lipinski definition) is 0. The molecular weight excluding hydrogens is 433 g/mol. The van der Waals surface area contributed by atoms with Crippen molar-refractivity contribution in [1.82, 2.24) is 24.4 Å². The zero-order valence-corrected chi connectivity index (χ0v) is 20.9. The number of nitrogens with zero attached hydrogens (tertiary/aromatic N) is 5. The molecule has 3 aromatic rings. The van der Waals surface area contributed by atoms with E-state index in [1.54, 1.807) is 41.6 Å². The van der Waals surface area contributed by atoms with Gasteiger partial charge in [0.2, 0.25) is 5.91 Å². The number of hydrogen-bond acceptors (Lipinski definition) is 4. The highest BCUT2D eigenvalue weighted by Gasteiger charge is 2.45. The van der Waals surface area contributed by atoms with Crippen molar-refractivity contribution >= 4 is 17.5 Å². The van der Waals surface area contributed by atoms with Crippen molar-refractivity contribution in [3.8, 4) is 11.3 Å². The Morgan fingerprint density at radius 2 is 1.76 bits per heavy atom. The number of carbonyl (C=O) groups is 2. The van der Waals surface area contributed by atoms with Gasteiger partial charge in [-0.3, -0.25) is 9.59 Å². The highest BCUT2D eigenvalue weighted by atomic mass is 19.1. The van der Waals surface area contributed by atoms with Crippen LogP contribution in [0.25, 0.3) is 16.9 Å². The molecule has 34 heavy (non-hydrogen) atoms. The van der Waals surface area contributed by atoms with Gasteiger partial charge in [0.1, 0.15) is 17.1 Å². The topological polar surface area (TPSA) is 70.8 Å². The number of carbonyl (C=O) groups excluding carboxylic acids is 2. The zero-order chi connectivity index (χ0) is 25.0. The number of amides is 2. The van der Waals surface area contributed by atoms with Gasteiger partial charge in [-0.1, -0.05) is 20.8 Å². The van der Waals surface area contributed by atoms with Crippen LogP contribution in [0.3, 0.4) is 0 Å². The van der Waals surface area contributed by atoms with Crippen LogP contribution >= 0.6 is 0 Å². The van der Waals surface area contributed by atoms with Gasteiger partial charge in [0, 0.05) is 30.3 Å². The van der Waals surface area contributed by atoms with E-state index >= 15 is 0 Å². The number of aromatic nitrogens is 3. The smallest absolute Gasteiger partial charge is 0.275 e. The third kappa shape index (κ3) is 4.06. The first kappa shape index (κ1) is 23.9. The summed E-state index contributed by atoms with van der Waals surface area (Å²) in [5.41, 5.74) is 1.93. The average Bonchev–Trinajstić information content (AvgIpc) is 3.18. The van der Waals surface area contributed by atoms with Crippen molar-refractivity contribution in [3.05, 3.63) is 53.6 Å². The van der Waals surface area contributed by atoms with Crippen molar-refractivity contribution < 1.29 is 14.0 Å². The minimum absolute atomic E-state index is 0.0713. The van der Waals surface area contributed by atoms with E-state index in [-0.39, 0.29) is 34.8 Å². The van der Waals surface area contributed by atoms with E-state index < -0.39 is 5.54 Å². The summed E-state index contributed by atoms with van der Waals surface area (Å²) >= 11 is 0. The SMILES string of the molecule is CC(C)N1CCN(C(=O)c2cn3nc(-c4ccc(F)cc4)cc(C(C)(C)C)c3n2)C(C)(C)C1=O. The Morgan fingerprint density at radius 1 is 1.12 bits per heavy atom. The van der Waals surface area contributed by atoms with Crippen molar-refractivity contribution in [2.75, 3.05) is 13.1 Å². The molecule has 0 atom stereocenters. The molecule has 0 saturated carbocycles. The highest BCUT2D eigenvalue weighted by Crippen LogP contribution is 2.31. The maximum atomic E-state index is 13.6. The van der Waals surface area contributed by atoms with Crippen LogP contribution in [0.15, 0.2) is 36.5 Å². The van der Waals surface area contributed by atoms with Gasteiger partial charge in [0.25, 0.3) is 5.91 Å². The van der Waals surface area contributed by atoms with Crippen molar-refractivity contribution in [3.63, 3.8) is 0 Å². The molecule has 1 fully saturated rings. The second-order valence-corrected chi connectivity index (χ2v) is 10.7. The van der Waals surface area contributed by atoms with E-state index in [0.29, 0.717) is 24.4 Å². The van der Waals surface area contributed by atoms with Gasteiger partial charge < -0.3 is 9.80 Å². The molecule has 0 N–H and O–H groups in total. The molecule has 1 aliphatic heterocycles. The molecular formula is C26H32FN5O2. The fraction of sp³-hybridized carbons (Fsp3) is 0.462. The molecule has 2 aromatic heterocycles. The van der Waals surface area contributed by atoms with Gasteiger partial charge in [-0.2, -0.15) is 5.10 Å². The molecule has 0 unspecified atom stereocenters. The van der Waals surface area contributed by atoms with E-state index in [2.05, 4.69) is 30.9 Å². The van der Waals surface area contributed by atoms with Gasteiger partial charge in [0.15, 0.2) is 5.65 Å². The molecule has 8 heteroatoms. The van der Waals surface area contributed by atoms with Crippen molar-refractivity contribution in [2.24, 2.45) is 0 Å². The third-order valence-electron chi connectivity index (χ3n) is 6.48. The molecule has 1 aliphatic rings. The fourth-order valence-corrected chi connectivity index (χ4v) is 4.44. The minimum Gasteiger partial charge on any atom is -0.336 e. The molecule has 1 aromatic carbocycles. The van der Waals surface area contributed by atoms with Crippen LogP contribution in [0.1, 0.15) is 64.5 Å². The molecule has 180 valence electrons. The van der Waals surface area contributed by atoms with E-state index in [9.17, 15) is 14.0 Å². The third-order valence-corrected chi connectivity index (χ3v) is 6.48. The lowest BCUT2D eigenvalue weighted by Gasteiger charge is -2.47. The normalized spacial score (nSPS) is 16.6. The van der Waals surface area contributed by atoms with Crippen LogP contribution in [0.2, 0.25) is 0 Å². The molecule has 1 saturated heterocycles. The predicted molar refractivity (Wildman–Crippen MR) is 129 cm³/mol. The van der Waals surface area contributed by atoms with Crippen LogP contribution < -0.4 is 0 Å². The molecule has 3 heterocycles. The number of rotatable bonds is 3. The molecule has 7 nitrogen and oxygen atoms in total. The lowest BCUT2D eigenvalue weighted by molar-refractivity contribution is -0.148. The summed E-state index contributed by atoms with van der Waals surface area (Å²) in [6.07, 6.45) is 1.62. The van der Waals surface area contributed by atoms with Gasteiger partial charge in [-0.25, -0.2) is 13.9 Å². The van der Waals surface area contributed by atoms with E-state index in [1.165, 1.54) is 12.1 Å². The van der Waals surface area contributed by atoms with Crippen LogP contribution in [-0.4, -0.2) is 60.9 Å². The summed E-state index contributed by atoms with van der Waals surface area (Å²) in [7, 11) is 0. The average molecular weight is 466 g/mol. The Balaban J connectivity index is 1.78. The van der Waals surface area contributed by atoms with Crippen LogP contribution in [0.4, 0.5) is 4.39 Å². The number of benzene rings is 1. The van der Waals surface area contributed by atoms with Gasteiger partial charge >= 0.3 is 0 Å². The Hall–Kier alpha value is -3.29. The standard InChI is InChI=1S/C26H32FN5O2/c1-16(2)30-12-13-31(26(6,7)24(30)34)23(33)21-15-32-22(28-21)19(25(3,4)5)14-20(29-32)17-8-10-18(27)11-9-17/h8-11,14-16H,12-13H2,1-7H3. The minimum atomic E-state index is -0.977. The Labute approximate surface area is 199 Å². The monoisotopic (exact) mass is 465 g/mol. The summed E-state index contributed by atoms with van der Waals surface area (Å²) in [4.78, 5) is 34.7. The predicted octanol–water partition coefficient (Wildman–Crippen LogP) is 4.30. The molecule has 0 aliphatic carbocycles. The fourth-order valence-electron chi connectivity index (χ4n) is 4.44. The highest BCUT2D eigenvalue weighted by molar-refractivity contribution is 5.99. The summed E-state index contributed by atoms with van der Waals surface area (Å²) in [5.74, 6) is -0.681. The maximum absolute atomic E-state index is 13.6. The summed E-state index contributed by atoms with van der Waals surface area (Å²) in [5, 5.41) is 4.67. The van der Waals surface area contributed by atoms with Crippen molar-refractivity contribution in [1.29, 1.82) is 0 Å². The molecule has 2 amide bonds. The van der Waals surface area contributed by atoms with Crippen LogP contribution in [0.5, 0.6) is 0 Å². The second kappa shape index (κ2) is 8.18. The number of imidazole rings is 1. The number of fused-ring (bicyclic) bond motifs is 1. The number of piperazine rings is 1. The van der Waals surface area contributed by atoms with Crippen LogP contribution in [-0.2, 0) is 10.2 Å². The largest absolute Gasteiger partial charge is 0.336 e. The van der Waals surface area contributed by atoms with Crippen molar-refractivity contribution in [2.45, 2.75) is 65.5 Å². The first-order chi connectivity index (χ1) is 15.8. The number of halogens is 1. The lowest BCUT2D eigenvalue weighted by Crippen LogP contribution is -2.65. The summed E-state index contributed by atoms with van der Waals surface area (Å²) in [6.45, 7) is 14.6. The Bertz CT molecular complexity index is 1250. The Morgan fingerprint density at radius 3 is 2.35 bits per heavy atom. The van der Waals surface area contributed by atoms with Gasteiger partial charge in [-0.15, -0.1) is 0 Å². The maximum Gasteiger partial charge on any atom is 0.275 e. The quantitative estimate of drug-likeness (QED) is 0.578. The molecule has 0 radical (unpaired) electrons. The van der Waals surface area contributed by atoms with Crippen LogP contribution in [0, 0.1) is 5.82 Å². The van der Waals surface area contributed by atoms with E-state index in [1.807, 2.05) is 24.8 Å². The first-order valence-electron chi connectivity index (χ1n) is 11.6. The first-order valence-corrected chi connectivity index (χ1v) is 11.6. The molecule has 0 bridgehead atoms.